The lowest BCUT2D eigenvalue weighted by atomic mass is 10.1. The second-order valence-corrected chi connectivity index (χ2v) is 9.09. The minimum atomic E-state index is -0.743. The molecule has 2 aliphatic rings. The van der Waals surface area contributed by atoms with Gasteiger partial charge in [0, 0.05) is 21.8 Å². The van der Waals surface area contributed by atoms with E-state index in [-0.39, 0.29) is 5.25 Å². The molecule has 2 unspecified atom stereocenters. The third-order valence-corrected chi connectivity index (χ3v) is 6.22. The van der Waals surface area contributed by atoms with E-state index in [0.29, 0.717) is 6.79 Å². The monoisotopic (exact) mass is 366 g/mol. The summed E-state index contributed by atoms with van der Waals surface area (Å²) in [5.74, 6) is 2.45. The molecule has 4 heteroatoms. The molecular formula is C21H34O3S. The maximum absolute atomic E-state index is 12.3. The van der Waals surface area contributed by atoms with E-state index in [1.807, 2.05) is 18.2 Å². The Bertz CT molecular complexity index is 525. The standard InChI is InChI=1S/C18H28O3S.C3H6/c1-3-4-5-6-7-8-11-22(19)15(2)12-16-9-10-17-18(13-16)21-14-20-17;1-2-3-1/h9-10,13,15H,3-8,11-12,14H2,1-2H3;1-3H2. The molecule has 2 atom stereocenters. The summed E-state index contributed by atoms with van der Waals surface area (Å²) in [4.78, 5) is 0. The molecule has 0 saturated heterocycles. The Kier molecular flexibility index (Phi) is 9.38. The summed E-state index contributed by atoms with van der Waals surface area (Å²) < 4.78 is 23.0. The molecule has 25 heavy (non-hydrogen) atoms. The summed E-state index contributed by atoms with van der Waals surface area (Å²) in [5.41, 5.74) is 1.17. The minimum Gasteiger partial charge on any atom is -0.454 e. The van der Waals surface area contributed by atoms with E-state index in [9.17, 15) is 4.21 Å². The van der Waals surface area contributed by atoms with E-state index in [1.165, 1.54) is 56.9 Å². The third kappa shape index (κ3) is 8.26. The van der Waals surface area contributed by atoms with Gasteiger partial charge in [-0.3, -0.25) is 4.21 Å². The average molecular weight is 367 g/mol. The normalized spacial score (nSPS) is 16.7. The van der Waals surface area contributed by atoms with Gasteiger partial charge in [-0.1, -0.05) is 71.3 Å². The van der Waals surface area contributed by atoms with E-state index in [2.05, 4.69) is 13.8 Å². The van der Waals surface area contributed by atoms with Crippen LogP contribution in [0.15, 0.2) is 18.2 Å². The number of benzene rings is 1. The molecule has 0 radical (unpaired) electrons. The SMILES string of the molecule is C1CC1.CCCCCCCCS(=O)C(C)Cc1ccc2c(c1)OCO2. The Hall–Kier alpha value is -1.03. The van der Waals surface area contributed by atoms with Gasteiger partial charge in [0.25, 0.3) is 0 Å². The highest BCUT2D eigenvalue weighted by molar-refractivity contribution is 7.85. The second kappa shape index (κ2) is 11.6. The van der Waals surface area contributed by atoms with Crippen molar-refractivity contribution in [2.45, 2.75) is 83.3 Å². The van der Waals surface area contributed by atoms with Crippen LogP contribution in [0.5, 0.6) is 11.5 Å². The quantitative estimate of drug-likeness (QED) is 0.504. The van der Waals surface area contributed by atoms with Gasteiger partial charge < -0.3 is 9.47 Å². The smallest absolute Gasteiger partial charge is 0.231 e. The molecule has 1 fully saturated rings. The zero-order valence-corrected chi connectivity index (χ0v) is 16.7. The van der Waals surface area contributed by atoms with Crippen molar-refractivity contribution >= 4 is 10.8 Å². The molecular weight excluding hydrogens is 332 g/mol. The molecule has 0 bridgehead atoms. The second-order valence-electron chi connectivity index (χ2n) is 7.12. The number of hydrogen-bond acceptors (Lipinski definition) is 3. The number of rotatable bonds is 10. The number of fused-ring (bicyclic) bond motifs is 1. The van der Waals surface area contributed by atoms with Crippen LogP contribution in [0, 0.1) is 0 Å². The summed E-state index contributed by atoms with van der Waals surface area (Å²) in [6, 6.07) is 6.01. The zero-order chi connectivity index (χ0) is 17.9. The molecule has 1 saturated carbocycles. The zero-order valence-electron chi connectivity index (χ0n) is 15.9. The summed E-state index contributed by atoms with van der Waals surface area (Å²) in [5, 5.41) is 0.191. The van der Waals surface area contributed by atoms with E-state index in [1.54, 1.807) is 0 Å². The van der Waals surface area contributed by atoms with E-state index >= 15 is 0 Å². The summed E-state index contributed by atoms with van der Waals surface area (Å²) in [6.45, 7) is 4.61. The van der Waals surface area contributed by atoms with E-state index < -0.39 is 10.8 Å². The van der Waals surface area contributed by atoms with Crippen molar-refractivity contribution in [3.63, 3.8) is 0 Å². The lowest BCUT2D eigenvalue weighted by molar-refractivity contribution is 0.174. The number of unbranched alkanes of at least 4 members (excludes halogenated alkanes) is 5. The Morgan fingerprint density at radius 3 is 2.40 bits per heavy atom. The van der Waals surface area contributed by atoms with E-state index in [0.717, 1.165) is 30.1 Å². The fourth-order valence-corrected chi connectivity index (χ4v) is 3.99. The largest absolute Gasteiger partial charge is 0.454 e. The molecule has 3 nitrogen and oxygen atoms in total. The average Bonchev–Trinajstić information content (AvgIpc) is 3.43. The van der Waals surface area contributed by atoms with Crippen LogP contribution < -0.4 is 9.47 Å². The lowest BCUT2D eigenvalue weighted by Gasteiger charge is -2.12. The predicted octanol–water partition coefficient (Wildman–Crippen LogP) is 5.63. The maximum Gasteiger partial charge on any atom is 0.231 e. The molecule has 1 heterocycles. The summed E-state index contributed by atoms with van der Waals surface area (Å²) in [6.07, 6.45) is 12.8. The van der Waals surface area contributed by atoms with Crippen molar-refractivity contribution in [2.24, 2.45) is 0 Å². The van der Waals surface area contributed by atoms with Crippen LogP contribution in [0.4, 0.5) is 0 Å². The van der Waals surface area contributed by atoms with Gasteiger partial charge in [0.15, 0.2) is 11.5 Å². The van der Waals surface area contributed by atoms with Crippen LogP contribution in [-0.2, 0) is 17.2 Å². The minimum absolute atomic E-state index is 0.191. The van der Waals surface area contributed by atoms with Crippen molar-refractivity contribution in [2.75, 3.05) is 12.5 Å². The predicted molar refractivity (Wildman–Crippen MR) is 106 cm³/mol. The van der Waals surface area contributed by atoms with Crippen molar-refractivity contribution in [1.29, 1.82) is 0 Å². The molecule has 0 amide bonds. The summed E-state index contributed by atoms with van der Waals surface area (Å²) >= 11 is 0. The number of hydrogen-bond donors (Lipinski definition) is 0. The van der Waals surface area contributed by atoms with Crippen LogP contribution in [0.3, 0.4) is 0 Å². The first-order chi connectivity index (χ1) is 12.2. The Morgan fingerprint density at radius 1 is 1.00 bits per heavy atom. The van der Waals surface area contributed by atoms with Crippen LogP contribution in [-0.4, -0.2) is 22.0 Å². The van der Waals surface area contributed by atoms with Gasteiger partial charge in [-0.15, -0.1) is 0 Å². The van der Waals surface area contributed by atoms with E-state index in [4.69, 9.17) is 9.47 Å². The Labute approximate surface area is 156 Å². The maximum atomic E-state index is 12.3. The van der Waals surface area contributed by atoms with Crippen LogP contribution in [0.25, 0.3) is 0 Å². The molecule has 3 rings (SSSR count). The van der Waals surface area contributed by atoms with Gasteiger partial charge in [-0.2, -0.15) is 0 Å². The molecule has 142 valence electrons. The molecule has 0 N–H and O–H groups in total. The fourth-order valence-electron chi connectivity index (χ4n) is 2.72. The van der Waals surface area contributed by atoms with Crippen molar-refractivity contribution < 1.29 is 13.7 Å². The van der Waals surface area contributed by atoms with Crippen LogP contribution >= 0.6 is 0 Å². The molecule has 1 aliphatic carbocycles. The Balaban J connectivity index is 0.000000676. The Morgan fingerprint density at radius 2 is 1.68 bits per heavy atom. The van der Waals surface area contributed by atoms with Crippen molar-refractivity contribution in [3.05, 3.63) is 23.8 Å². The van der Waals surface area contributed by atoms with Crippen LogP contribution in [0.1, 0.15) is 77.2 Å². The third-order valence-electron chi connectivity index (χ3n) is 4.46. The molecule has 0 aromatic heterocycles. The first-order valence-electron chi connectivity index (χ1n) is 9.96. The van der Waals surface area contributed by atoms with Crippen LogP contribution in [0.2, 0.25) is 0 Å². The van der Waals surface area contributed by atoms with Gasteiger partial charge in [0.2, 0.25) is 6.79 Å². The first kappa shape index (κ1) is 20.3. The van der Waals surface area contributed by atoms with Crippen molar-refractivity contribution in [1.82, 2.24) is 0 Å². The fraction of sp³-hybridized carbons (Fsp3) is 0.714. The topological polar surface area (TPSA) is 35.5 Å². The lowest BCUT2D eigenvalue weighted by Crippen LogP contribution is -2.16. The van der Waals surface area contributed by atoms with Gasteiger partial charge in [-0.25, -0.2) is 0 Å². The summed E-state index contributed by atoms with van der Waals surface area (Å²) in [7, 11) is -0.743. The van der Waals surface area contributed by atoms with Gasteiger partial charge >= 0.3 is 0 Å². The highest BCUT2D eigenvalue weighted by atomic mass is 32.2. The van der Waals surface area contributed by atoms with Gasteiger partial charge in [-0.05, 0) is 30.5 Å². The van der Waals surface area contributed by atoms with Gasteiger partial charge in [0.05, 0.1) is 0 Å². The molecule has 1 aliphatic heterocycles. The van der Waals surface area contributed by atoms with Gasteiger partial charge in [0.1, 0.15) is 0 Å². The molecule has 0 spiro atoms. The number of ether oxygens (including phenoxy) is 2. The highest BCUT2D eigenvalue weighted by Crippen LogP contribution is 2.33. The molecule has 1 aromatic carbocycles. The molecule has 1 aromatic rings. The first-order valence-corrected chi connectivity index (χ1v) is 11.3. The van der Waals surface area contributed by atoms with Crippen molar-refractivity contribution in [3.8, 4) is 11.5 Å². The highest BCUT2D eigenvalue weighted by Gasteiger charge is 2.16.